The normalized spacial score (nSPS) is 12.2. The van der Waals surface area contributed by atoms with E-state index in [2.05, 4.69) is 56.4 Å². The van der Waals surface area contributed by atoms with Gasteiger partial charge in [-0.15, -0.1) is 0 Å². The number of anilines is 1. The fourth-order valence-corrected chi connectivity index (χ4v) is 4.59. The molecule has 0 saturated carbocycles. The van der Waals surface area contributed by atoms with Crippen LogP contribution in [0.2, 0.25) is 0 Å². The summed E-state index contributed by atoms with van der Waals surface area (Å²) >= 11 is 0. The number of hydrogen-bond acceptors (Lipinski definition) is 5. The molecule has 6 nitrogen and oxygen atoms in total. The van der Waals surface area contributed by atoms with Crippen molar-refractivity contribution in [2.75, 3.05) is 19.0 Å². The molecule has 0 radical (unpaired) electrons. The Kier molecular flexibility index (Phi) is 5.40. The monoisotopic (exact) mass is 404 g/mol. The fraction of sp³-hybridized carbons (Fsp3) is 0.227. The summed E-state index contributed by atoms with van der Waals surface area (Å²) in [5, 5.41) is 4.34. The van der Waals surface area contributed by atoms with Gasteiger partial charge >= 0.3 is 0 Å². The first kappa shape index (κ1) is 19.3. The molecule has 29 heavy (non-hydrogen) atoms. The molecule has 1 N–H and O–H groups in total. The van der Waals surface area contributed by atoms with Gasteiger partial charge in [-0.05, 0) is 30.2 Å². The molecule has 0 amide bonds. The molecule has 148 valence electrons. The van der Waals surface area contributed by atoms with Gasteiger partial charge in [0.25, 0.3) is 5.78 Å². The zero-order valence-corrected chi connectivity index (χ0v) is 17.6. The maximum absolute atomic E-state index is 8.53. The van der Waals surface area contributed by atoms with Crippen LogP contribution in [0.25, 0.3) is 5.78 Å². The van der Waals surface area contributed by atoms with Crippen LogP contribution in [0.1, 0.15) is 22.4 Å². The van der Waals surface area contributed by atoms with E-state index >= 15 is 0 Å². The van der Waals surface area contributed by atoms with Crippen molar-refractivity contribution >= 4 is 22.3 Å². The van der Waals surface area contributed by atoms with Gasteiger partial charge in [-0.25, -0.2) is 4.98 Å². The molecule has 4 rings (SSSR count). The van der Waals surface area contributed by atoms with Crippen molar-refractivity contribution in [3.63, 3.8) is 0 Å². The maximum atomic E-state index is 8.53. The van der Waals surface area contributed by atoms with E-state index in [1.807, 2.05) is 39.2 Å². The Morgan fingerprint density at radius 1 is 1.00 bits per heavy atom. The second-order valence-electron chi connectivity index (χ2n) is 7.21. The number of rotatable bonds is 6. The quantitative estimate of drug-likeness (QED) is 0.527. The van der Waals surface area contributed by atoms with Crippen LogP contribution in [0.3, 0.4) is 0 Å². The highest BCUT2D eigenvalue weighted by Gasteiger charge is 2.16. The van der Waals surface area contributed by atoms with Gasteiger partial charge in [0.1, 0.15) is 12.1 Å². The van der Waals surface area contributed by atoms with Crippen molar-refractivity contribution in [1.29, 1.82) is 4.78 Å². The van der Waals surface area contributed by atoms with Crippen LogP contribution in [-0.4, -0.2) is 33.7 Å². The summed E-state index contributed by atoms with van der Waals surface area (Å²) in [7, 11) is 3.46. The van der Waals surface area contributed by atoms with E-state index in [0.717, 1.165) is 34.1 Å². The van der Waals surface area contributed by atoms with E-state index in [0.29, 0.717) is 5.78 Å². The largest absolute Gasteiger partial charge is 0.362 e. The number of aryl methyl sites for hydroxylation is 1. The Morgan fingerprint density at radius 2 is 1.72 bits per heavy atom. The Labute approximate surface area is 173 Å². The highest BCUT2D eigenvalue weighted by atomic mass is 32.2. The van der Waals surface area contributed by atoms with E-state index in [9.17, 15) is 0 Å². The lowest BCUT2D eigenvalue weighted by Crippen LogP contribution is -2.18. The lowest BCUT2D eigenvalue weighted by Gasteiger charge is -2.20. The van der Waals surface area contributed by atoms with Crippen LogP contribution in [0.15, 0.2) is 65.8 Å². The van der Waals surface area contributed by atoms with E-state index in [1.54, 1.807) is 4.52 Å². The molecule has 1 atom stereocenters. The van der Waals surface area contributed by atoms with Crippen LogP contribution in [0, 0.1) is 11.7 Å². The second kappa shape index (κ2) is 8.13. The number of nitrogens with one attached hydrogen (secondary N) is 1. The SMILES string of the molecule is Cc1nc2ncnn2c(N(C)C)c1Cc1ccc(S(=N)Cc2ccccc2)cc1. The molecule has 2 aromatic carbocycles. The molecule has 0 aliphatic rings. The predicted octanol–water partition coefficient (Wildman–Crippen LogP) is 4.03. The lowest BCUT2D eigenvalue weighted by molar-refractivity contribution is 0.863. The second-order valence-corrected chi connectivity index (χ2v) is 8.75. The summed E-state index contributed by atoms with van der Waals surface area (Å²) in [5.41, 5.74) is 4.49. The predicted molar refractivity (Wildman–Crippen MR) is 118 cm³/mol. The summed E-state index contributed by atoms with van der Waals surface area (Å²) in [6.07, 6.45) is 2.29. The third kappa shape index (κ3) is 4.05. The Bertz CT molecular complexity index is 1150. The van der Waals surface area contributed by atoms with Gasteiger partial charge in [0.2, 0.25) is 0 Å². The summed E-state index contributed by atoms with van der Waals surface area (Å²) < 4.78 is 10.3. The highest BCUT2D eigenvalue weighted by molar-refractivity contribution is 7.85. The van der Waals surface area contributed by atoms with E-state index in [4.69, 9.17) is 4.78 Å². The van der Waals surface area contributed by atoms with Crippen molar-refractivity contribution in [1.82, 2.24) is 19.6 Å². The maximum Gasteiger partial charge on any atom is 0.254 e. The van der Waals surface area contributed by atoms with Crippen LogP contribution in [0.4, 0.5) is 5.82 Å². The summed E-state index contributed by atoms with van der Waals surface area (Å²) in [6.45, 7) is 2.02. The molecule has 0 bridgehead atoms. The Hall–Kier alpha value is -3.06. The van der Waals surface area contributed by atoms with Crippen LogP contribution >= 0.6 is 0 Å². The smallest absolute Gasteiger partial charge is 0.254 e. The molecule has 1 unspecified atom stereocenters. The molecular weight excluding hydrogens is 380 g/mol. The highest BCUT2D eigenvalue weighted by Crippen LogP contribution is 2.25. The number of nitrogens with zero attached hydrogens (tertiary/aromatic N) is 5. The third-order valence-corrected chi connectivity index (χ3v) is 6.33. The summed E-state index contributed by atoms with van der Waals surface area (Å²) in [4.78, 5) is 12.0. The molecular formula is C22H24N6S. The first-order valence-electron chi connectivity index (χ1n) is 9.44. The molecule has 0 spiro atoms. The Morgan fingerprint density at radius 3 is 2.41 bits per heavy atom. The lowest BCUT2D eigenvalue weighted by atomic mass is 10.0. The van der Waals surface area contributed by atoms with Crippen molar-refractivity contribution in [3.05, 3.63) is 83.3 Å². The molecule has 4 aromatic rings. The van der Waals surface area contributed by atoms with Crippen molar-refractivity contribution in [2.24, 2.45) is 0 Å². The molecule has 0 fully saturated rings. The summed E-state index contributed by atoms with van der Waals surface area (Å²) in [5.74, 6) is 2.36. The van der Waals surface area contributed by atoms with Crippen molar-refractivity contribution in [2.45, 2.75) is 24.0 Å². The van der Waals surface area contributed by atoms with Gasteiger partial charge in [0.05, 0.1) is 0 Å². The van der Waals surface area contributed by atoms with Gasteiger partial charge in [0, 0.05) is 42.4 Å². The van der Waals surface area contributed by atoms with Gasteiger partial charge in [-0.2, -0.15) is 14.6 Å². The summed E-state index contributed by atoms with van der Waals surface area (Å²) in [6, 6.07) is 18.7. The minimum absolute atomic E-state index is 0.561. The minimum atomic E-state index is -0.561. The fourth-order valence-electron chi connectivity index (χ4n) is 3.43. The average molecular weight is 405 g/mol. The Balaban J connectivity index is 1.59. The standard InChI is InChI=1S/C22H24N6S/c1-16-20(21(27(2)3)28-22(26-16)24-15-25-28)13-17-9-11-19(12-10-17)29(23)14-18-7-5-4-6-8-18/h4-12,15,23H,13-14H2,1-3H3. The molecule has 2 aromatic heterocycles. The third-order valence-electron chi connectivity index (χ3n) is 4.87. The van der Waals surface area contributed by atoms with E-state index in [1.165, 1.54) is 17.5 Å². The van der Waals surface area contributed by atoms with Gasteiger partial charge in [-0.1, -0.05) is 53.2 Å². The molecule has 0 saturated heterocycles. The van der Waals surface area contributed by atoms with Crippen molar-refractivity contribution in [3.8, 4) is 0 Å². The number of aromatic nitrogens is 4. The minimum Gasteiger partial charge on any atom is -0.362 e. The van der Waals surface area contributed by atoms with Crippen LogP contribution < -0.4 is 4.90 Å². The van der Waals surface area contributed by atoms with Crippen LogP contribution in [-0.2, 0) is 22.9 Å². The number of hydrogen-bond donors (Lipinski definition) is 1. The van der Waals surface area contributed by atoms with E-state index in [-0.39, 0.29) is 0 Å². The first-order valence-corrected chi connectivity index (χ1v) is 10.8. The van der Waals surface area contributed by atoms with Gasteiger partial charge in [0.15, 0.2) is 0 Å². The molecule has 0 aliphatic heterocycles. The molecule has 7 heteroatoms. The number of benzene rings is 2. The number of fused-ring (bicyclic) bond motifs is 1. The van der Waals surface area contributed by atoms with Crippen LogP contribution in [0.5, 0.6) is 0 Å². The molecule has 0 aliphatic carbocycles. The zero-order valence-electron chi connectivity index (χ0n) is 16.8. The first-order chi connectivity index (χ1) is 14.0. The van der Waals surface area contributed by atoms with E-state index < -0.39 is 10.7 Å². The zero-order chi connectivity index (χ0) is 20.4. The topological polar surface area (TPSA) is 70.2 Å². The average Bonchev–Trinajstić information content (AvgIpc) is 3.17. The van der Waals surface area contributed by atoms with Gasteiger partial charge < -0.3 is 4.90 Å². The van der Waals surface area contributed by atoms with Gasteiger partial charge in [-0.3, -0.25) is 4.78 Å². The molecule has 2 heterocycles. The van der Waals surface area contributed by atoms with Crippen molar-refractivity contribution < 1.29 is 0 Å².